The van der Waals surface area contributed by atoms with Gasteiger partial charge in [-0.1, -0.05) is 239 Å². The molecule has 0 rings (SSSR count). The first-order chi connectivity index (χ1) is 29.3. The first kappa shape index (κ1) is 58.4. The Hall–Kier alpha value is -1.63. The van der Waals surface area contributed by atoms with Crippen LogP contribution < -0.4 is 0 Å². The van der Waals surface area contributed by atoms with Crippen molar-refractivity contribution in [3.8, 4) is 0 Å². The molecule has 0 radical (unpaired) electrons. The summed E-state index contributed by atoms with van der Waals surface area (Å²) in [5.74, 6) is -1.09. The molecule has 0 aliphatic carbocycles. The first-order valence-electron chi connectivity index (χ1n) is 26.5. The number of likely N-dealkylation sites (N-methyl/N-ethyl adjacent to an activating group) is 1. The van der Waals surface area contributed by atoms with E-state index in [1.54, 1.807) is 0 Å². The molecule has 0 aliphatic heterocycles. The lowest BCUT2D eigenvalue weighted by Crippen LogP contribution is -2.41. The maximum Gasteiger partial charge on any atom is 0.306 e. The zero-order valence-electron chi connectivity index (χ0n) is 41.0. The van der Waals surface area contributed by atoms with Crippen LogP contribution in [0.3, 0.4) is 0 Å². The lowest BCUT2D eigenvalue weighted by atomic mass is 10.0. The Morgan fingerprint density at radius 3 is 0.833 bits per heavy atom. The van der Waals surface area contributed by atoms with Crippen molar-refractivity contribution in [1.29, 1.82) is 0 Å². The molecule has 0 spiro atoms. The normalized spacial score (nSPS) is 12.5. The largest absolute Gasteiger partial charge is 0.465 e. The molecule has 7 heteroatoms. The fraction of sp³-hybridized carbons (Fsp3) is 0.943. The zero-order chi connectivity index (χ0) is 44.0. The first-order valence-corrected chi connectivity index (χ1v) is 26.5. The summed E-state index contributed by atoms with van der Waals surface area (Å²) in [6.45, 7) is 7.42. The van der Waals surface area contributed by atoms with Crippen LogP contribution in [0.25, 0.3) is 0 Å². The minimum Gasteiger partial charge on any atom is -0.465 e. The SMILES string of the molecule is CCCCCCCCCCCCCCCCCC(=O)OCC(COC(=O)CCCCCCCCCCCCC)C(CN(C)C)OC(=O)CCCCCCCCCCCCC. The maximum absolute atomic E-state index is 13.1. The minimum absolute atomic E-state index is 0.0767. The molecule has 356 valence electrons. The number of ether oxygens (including phenoxy) is 3. The van der Waals surface area contributed by atoms with Crippen molar-refractivity contribution in [2.75, 3.05) is 33.9 Å². The van der Waals surface area contributed by atoms with Crippen molar-refractivity contribution in [2.45, 2.75) is 284 Å². The highest BCUT2D eigenvalue weighted by molar-refractivity contribution is 5.70. The molecule has 0 saturated carbocycles. The molecular formula is C53H103NO6. The molecule has 0 fully saturated rings. The highest BCUT2D eigenvalue weighted by Gasteiger charge is 2.29. The summed E-state index contributed by atoms with van der Waals surface area (Å²) in [6, 6.07) is 0. The average Bonchev–Trinajstić information content (AvgIpc) is 3.23. The quantitative estimate of drug-likeness (QED) is 0.0343. The zero-order valence-corrected chi connectivity index (χ0v) is 41.0. The minimum atomic E-state index is -0.534. The van der Waals surface area contributed by atoms with Gasteiger partial charge in [-0.2, -0.15) is 0 Å². The maximum atomic E-state index is 13.1. The van der Waals surface area contributed by atoms with Gasteiger partial charge in [-0.15, -0.1) is 0 Å². The fourth-order valence-corrected chi connectivity index (χ4v) is 8.19. The van der Waals surface area contributed by atoms with Gasteiger partial charge in [0, 0.05) is 25.8 Å². The molecule has 2 atom stereocenters. The van der Waals surface area contributed by atoms with Crippen LogP contribution >= 0.6 is 0 Å². The van der Waals surface area contributed by atoms with Crippen molar-refractivity contribution in [1.82, 2.24) is 4.90 Å². The molecule has 0 bridgehead atoms. The number of nitrogens with zero attached hydrogens (tertiary/aromatic N) is 1. The summed E-state index contributed by atoms with van der Waals surface area (Å²) < 4.78 is 17.7. The average molecular weight is 850 g/mol. The van der Waals surface area contributed by atoms with Crippen LogP contribution in [-0.2, 0) is 28.6 Å². The second kappa shape index (κ2) is 46.9. The van der Waals surface area contributed by atoms with E-state index in [1.807, 2.05) is 19.0 Å². The molecule has 7 nitrogen and oxygen atoms in total. The van der Waals surface area contributed by atoms with Crippen molar-refractivity contribution < 1.29 is 28.6 Å². The van der Waals surface area contributed by atoms with Crippen LogP contribution in [0.4, 0.5) is 0 Å². The van der Waals surface area contributed by atoms with E-state index >= 15 is 0 Å². The van der Waals surface area contributed by atoms with Crippen molar-refractivity contribution in [3.63, 3.8) is 0 Å². The van der Waals surface area contributed by atoms with Gasteiger partial charge in [0.25, 0.3) is 0 Å². The van der Waals surface area contributed by atoms with Crippen LogP contribution in [0.15, 0.2) is 0 Å². The van der Waals surface area contributed by atoms with Gasteiger partial charge < -0.3 is 19.1 Å². The lowest BCUT2D eigenvalue weighted by Gasteiger charge is -2.29. The van der Waals surface area contributed by atoms with E-state index in [1.165, 1.54) is 180 Å². The van der Waals surface area contributed by atoms with Crippen molar-refractivity contribution in [3.05, 3.63) is 0 Å². The molecule has 0 aromatic carbocycles. The molecule has 2 unspecified atom stereocenters. The van der Waals surface area contributed by atoms with E-state index in [9.17, 15) is 14.4 Å². The third kappa shape index (κ3) is 43.0. The molecule has 0 heterocycles. The Balaban J connectivity index is 4.75. The lowest BCUT2D eigenvalue weighted by molar-refractivity contribution is -0.161. The Morgan fingerprint density at radius 1 is 0.350 bits per heavy atom. The van der Waals surface area contributed by atoms with Gasteiger partial charge in [-0.05, 0) is 33.4 Å². The van der Waals surface area contributed by atoms with E-state index in [0.29, 0.717) is 25.8 Å². The predicted octanol–water partition coefficient (Wildman–Crippen LogP) is 15.8. The van der Waals surface area contributed by atoms with Crippen LogP contribution in [0.1, 0.15) is 278 Å². The van der Waals surface area contributed by atoms with E-state index < -0.39 is 12.0 Å². The smallest absolute Gasteiger partial charge is 0.306 e. The van der Waals surface area contributed by atoms with Gasteiger partial charge in [0.05, 0.1) is 5.92 Å². The third-order valence-electron chi connectivity index (χ3n) is 12.2. The highest BCUT2D eigenvalue weighted by Crippen LogP contribution is 2.19. The molecule has 0 saturated heterocycles. The molecule has 0 aromatic heterocycles. The third-order valence-corrected chi connectivity index (χ3v) is 12.2. The second-order valence-corrected chi connectivity index (χ2v) is 18.7. The standard InChI is InChI=1S/C53H103NO6/c1-6-9-12-15-18-21-24-25-26-27-30-32-35-38-41-44-52(56)59-48-49(47-58-51(55)43-40-37-34-31-28-22-19-16-13-10-7-2)50(46-54(4)5)60-53(57)45-42-39-36-33-29-23-20-17-14-11-8-3/h49-50H,6-48H2,1-5H3. The van der Waals surface area contributed by atoms with E-state index in [4.69, 9.17) is 14.2 Å². The van der Waals surface area contributed by atoms with E-state index in [-0.39, 0.29) is 31.1 Å². The number of hydrogen-bond donors (Lipinski definition) is 0. The number of esters is 3. The number of carbonyl (C=O) groups is 3. The van der Waals surface area contributed by atoms with Gasteiger partial charge in [0.2, 0.25) is 0 Å². The Labute approximate surface area is 373 Å². The topological polar surface area (TPSA) is 82.1 Å². The van der Waals surface area contributed by atoms with Gasteiger partial charge in [-0.3, -0.25) is 14.4 Å². The Bertz CT molecular complexity index is 925. The number of rotatable bonds is 48. The van der Waals surface area contributed by atoms with E-state index in [0.717, 1.165) is 57.8 Å². The summed E-state index contributed by atoms with van der Waals surface area (Å²) >= 11 is 0. The summed E-state index contributed by atoms with van der Waals surface area (Å²) in [7, 11) is 3.89. The highest BCUT2D eigenvalue weighted by atomic mass is 16.6. The number of carbonyl (C=O) groups excluding carboxylic acids is 3. The van der Waals surface area contributed by atoms with Crippen LogP contribution in [-0.4, -0.2) is 62.8 Å². The van der Waals surface area contributed by atoms with Gasteiger partial charge in [-0.25, -0.2) is 0 Å². The van der Waals surface area contributed by atoms with Crippen LogP contribution in [0.5, 0.6) is 0 Å². The fourth-order valence-electron chi connectivity index (χ4n) is 8.19. The summed E-state index contributed by atoms with van der Waals surface area (Å²) in [6.07, 6.45) is 46.9. The summed E-state index contributed by atoms with van der Waals surface area (Å²) in [4.78, 5) is 40.9. The van der Waals surface area contributed by atoms with Gasteiger partial charge in [0.1, 0.15) is 19.3 Å². The summed E-state index contributed by atoms with van der Waals surface area (Å²) in [5, 5.41) is 0. The monoisotopic (exact) mass is 850 g/mol. The molecule has 0 aromatic rings. The molecule has 0 amide bonds. The molecule has 60 heavy (non-hydrogen) atoms. The van der Waals surface area contributed by atoms with Crippen LogP contribution in [0, 0.1) is 5.92 Å². The van der Waals surface area contributed by atoms with Crippen molar-refractivity contribution >= 4 is 17.9 Å². The second-order valence-electron chi connectivity index (χ2n) is 18.7. The predicted molar refractivity (Wildman–Crippen MR) is 256 cm³/mol. The van der Waals surface area contributed by atoms with Crippen molar-refractivity contribution in [2.24, 2.45) is 5.92 Å². The molecule has 0 N–H and O–H groups in total. The number of unbranched alkanes of at least 4 members (excludes halogenated alkanes) is 34. The van der Waals surface area contributed by atoms with Crippen LogP contribution in [0.2, 0.25) is 0 Å². The van der Waals surface area contributed by atoms with Gasteiger partial charge in [0.15, 0.2) is 0 Å². The van der Waals surface area contributed by atoms with E-state index in [2.05, 4.69) is 20.8 Å². The Kier molecular flexibility index (Phi) is 45.6. The number of hydrogen-bond acceptors (Lipinski definition) is 7. The molecule has 0 aliphatic rings. The Morgan fingerprint density at radius 2 is 0.583 bits per heavy atom. The van der Waals surface area contributed by atoms with Gasteiger partial charge >= 0.3 is 17.9 Å². The molecular weight excluding hydrogens is 747 g/mol. The summed E-state index contributed by atoms with van der Waals surface area (Å²) in [5.41, 5.74) is 0.